The van der Waals surface area contributed by atoms with Gasteiger partial charge in [-0.05, 0) is 18.8 Å². The Labute approximate surface area is 77.9 Å². The Morgan fingerprint density at radius 1 is 1.54 bits per heavy atom. The third-order valence-electron chi connectivity index (χ3n) is 2.04. The van der Waals surface area contributed by atoms with Crippen molar-refractivity contribution < 1.29 is 4.79 Å². The summed E-state index contributed by atoms with van der Waals surface area (Å²) >= 11 is 0. The maximum Gasteiger partial charge on any atom is 0.172 e. The molecule has 0 aliphatic heterocycles. The first kappa shape index (κ1) is 9.89. The third-order valence-corrected chi connectivity index (χ3v) is 2.04. The summed E-state index contributed by atoms with van der Waals surface area (Å²) in [6, 6.07) is 0. The number of aryl methyl sites for hydroxylation is 1. The zero-order valence-electron chi connectivity index (χ0n) is 8.32. The number of aromatic nitrogens is 3. The van der Waals surface area contributed by atoms with Crippen LogP contribution in [0, 0.1) is 5.92 Å². The molecule has 4 nitrogen and oxygen atoms in total. The van der Waals surface area contributed by atoms with Crippen molar-refractivity contribution in [1.82, 2.24) is 15.0 Å². The summed E-state index contributed by atoms with van der Waals surface area (Å²) in [5, 5.41) is 7.56. The van der Waals surface area contributed by atoms with Crippen LogP contribution in [0.3, 0.4) is 0 Å². The number of aldehydes is 1. The Bertz CT molecular complexity index is 291. The molecule has 0 bridgehead atoms. The van der Waals surface area contributed by atoms with Gasteiger partial charge in [-0.1, -0.05) is 19.1 Å². The molecule has 0 radical (unpaired) electrons. The van der Waals surface area contributed by atoms with Gasteiger partial charge in [0.05, 0.1) is 5.69 Å². The molecule has 13 heavy (non-hydrogen) atoms. The molecule has 0 atom stereocenters. The summed E-state index contributed by atoms with van der Waals surface area (Å²) in [5.41, 5.74) is 1.41. The molecule has 1 aromatic heterocycles. The van der Waals surface area contributed by atoms with E-state index in [1.807, 2.05) is 7.05 Å². The highest BCUT2D eigenvalue weighted by atomic mass is 16.1. The monoisotopic (exact) mass is 181 g/mol. The molecule has 4 heteroatoms. The standard InChI is InChI=1S/C9H15N3O/c1-7(2)4-5-9-8(6-13)10-11-12(9)3/h6-7H,4-5H2,1-3H3. The Balaban J connectivity index is 2.73. The molecule has 72 valence electrons. The second kappa shape index (κ2) is 4.16. The Morgan fingerprint density at radius 2 is 2.23 bits per heavy atom. The van der Waals surface area contributed by atoms with Gasteiger partial charge in [0.25, 0.3) is 0 Å². The van der Waals surface area contributed by atoms with Crippen molar-refractivity contribution in [3.05, 3.63) is 11.4 Å². The van der Waals surface area contributed by atoms with Crippen LogP contribution in [0.25, 0.3) is 0 Å². The van der Waals surface area contributed by atoms with Gasteiger partial charge in [-0.3, -0.25) is 9.48 Å². The molecule has 0 fully saturated rings. The molecule has 0 spiro atoms. The average molecular weight is 181 g/mol. The van der Waals surface area contributed by atoms with Crippen molar-refractivity contribution in [2.45, 2.75) is 26.7 Å². The summed E-state index contributed by atoms with van der Waals surface area (Å²) in [7, 11) is 1.82. The zero-order valence-corrected chi connectivity index (χ0v) is 8.32. The van der Waals surface area contributed by atoms with Crippen LogP contribution in [0.5, 0.6) is 0 Å². The van der Waals surface area contributed by atoms with Crippen LogP contribution in [0.15, 0.2) is 0 Å². The predicted octanol–water partition coefficient (Wildman–Crippen LogP) is 1.22. The predicted molar refractivity (Wildman–Crippen MR) is 49.5 cm³/mol. The molecule has 0 aliphatic carbocycles. The van der Waals surface area contributed by atoms with E-state index in [0.717, 1.165) is 24.8 Å². The van der Waals surface area contributed by atoms with Crippen LogP contribution >= 0.6 is 0 Å². The van der Waals surface area contributed by atoms with Crippen LogP contribution in [0.1, 0.15) is 36.5 Å². The lowest BCUT2D eigenvalue weighted by Gasteiger charge is -2.04. The lowest BCUT2D eigenvalue weighted by Crippen LogP contribution is -2.02. The van der Waals surface area contributed by atoms with Gasteiger partial charge in [0.15, 0.2) is 6.29 Å². The zero-order chi connectivity index (χ0) is 9.84. The van der Waals surface area contributed by atoms with Crippen LogP contribution in [0.4, 0.5) is 0 Å². The van der Waals surface area contributed by atoms with E-state index in [1.54, 1.807) is 4.68 Å². The normalized spacial score (nSPS) is 10.8. The van der Waals surface area contributed by atoms with Gasteiger partial charge >= 0.3 is 0 Å². The SMILES string of the molecule is CC(C)CCc1c(C=O)nnn1C. The Kier molecular flexibility index (Phi) is 3.17. The molecule has 1 rings (SSSR count). The first-order valence-corrected chi connectivity index (χ1v) is 4.49. The maximum absolute atomic E-state index is 10.6. The van der Waals surface area contributed by atoms with Crippen molar-refractivity contribution in [1.29, 1.82) is 0 Å². The summed E-state index contributed by atoms with van der Waals surface area (Å²) < 4.78 is 1.67. The lowest BCUT2D eigenvalue weighted by atomic mass is 10.1. The highest BCUT2D eigenvalue weighted by Crippen LogP contribution is 2.09. The van der Waals surface area contributed by atoms with Crippen molar-refractivity contribution >= 4 is 6.29 Å². The number of hydrogen-bond donors (Lipinski definition) is 0. The van der Waals surface area contributed by atoms with Gasteiger partial charge in [-0.2, -0.15) is 0 Å². The van der Waals surface area contributed by atoms with Crippen LogP contribution in [-0.4, -0.2) is 21.3 Å². The smallest absolute Gasteiger partial charge is 0.172 e. The first-order chi connectivity index (χ1) is 6.15. The van der Waals surface area contributed by atoms with E-state index in [0.29, 0.717) is 11.6 Å². The second-order valence-electron chi connectivity index (χ2n) is 3.60. The van der Waals surface area contributed by atoms with Crippen molar-refractivity contribution in [3.8, 4) is 0 Å². The fourth-order valence-electron chi connectivity index (χ4n) is 1.20. The Hall–Kier alpha value is -1.19. The highest BCUT2D eigenvalue weighted by Gasteiger charge is 2.09. The van der Waals surface area contributed by atoms with E-state index < -0.39 is 0 Å². The molecule has 0 N–H and O–H groups in total. The van der Waals surface area contributed by atoms with E-state index in [2.05, 4.69) is 24.2 Å². The van der Waals surface area contributed by atoms with Gasteiger partial charge in [0, 0.05) is 7.05 Å². The van der Waals surface area contributed by atoms with Gasteiger partial charge in [-0.25, -0.2) is 0 Å². The fraction of sp³-hybridized carbons (Fsp3) is 0.667. The number of rotatable bonds is 4. The third kappa shape index (κ3) is 2.37. The number of carbonyl (C=O) groups is 1. The first-order valence-electron chi connectivity index (χ1n) is 4.49. The van der Waals surface area contributed by atoms with E-state index in [4.69, 9.17) is 0 Å². The molecule has 1 aromatic rings. The van der Waals surface area contributed by atoms with Gasteiger partial charge in [-0.15, -0.1) is 5.10 Å². The average Bonchev–Trinajstić information content (AvgIpc) is 2.43. The molecule has 0 amide bonds. The largest absolute Gasteiger partial charge is 0.296 e. The summed E-state index contributed by atoms with van der Waals surface area (Å²) in [4.78, 5) is 10.6. The maximum atomic E-state index is 10.6. The number of hydrogen-bond acceptors (Lipinski definition) is 3. The van der Waals surface area contributed by atoms with Crippen molar-refractivity contribution in [2.24, 2.45) is 13.0 Å². The van der Waals surface area contributed by atoms with E-state index in [1.165, 1.54) is 0 Å². The molecule has 0 aliphatic rings. The molecule has 0 saturated carbocycles. The molecular formula is C9H15N3O. The quantitative estimate of drug-likeness (QED) is 0.656. The fourth-order valence-corrected chi connectivity index (χ4v) is 1.20. The van der Waals surface area contributed by atoms with Crippen LogP contribution in [-0.2, 0) is 13.5 Å². The van der Waals surface area contributed by atoms with Crippen molar-refractivity contribution in [3.63, 3.8) is 0 Å². The van der Waals surface area contributed by atoms with Gasteiger partial charge in [0.1, 0.15) is 5.69 Å². The van der Waals surface area contributed by atoms with Gasteiger partial charge in [0.2, 0.25) is 0 Å². The van der Waals surface area contributed by atoms with E-state index >= 15 is 0 Å². The summed E-state index contributed by atoms with van der Waals surface area (Å²) in [6.07, 6.45) is 2.69. The van der Waals surface area contributed by atoms with E-state index in [9.17, 15) is 4.79 Å². The Morgan fingerprint density at radius 3 is 2.77 bits per heavy atom. The molecule has 0 unspecified atom stereocenters. The van der Waals surface area contributed by atoms with E-state index in [-0.39, 0.29) is 0 Å². The summed E-state index contributed by atoms with van der Waals surface area (Å²) in [5.74, 6) is 0.634. The topological polar surface area (TPSA) is 47.8 Å². The molecule has 1 heterocycles. The lowest BCUT2D eigenvalue weighted by molar-refractivity contribution is 0.111. The van der Waals surface area contributed by atoms with Crippen molar-refractivity contribution in [2.75, 3.05) is 0 Å². The highest BCUT2D eigenvalue weighted by molar-refractivity contribution is 5.73. The van der Waals surface area contributed by atoms with Gasteiger partial charge < -0.3 is 0 Å². The minimum absolute atomic E-state index is 0.475. The van der Waals surface area contributed by atoms with Crippen LogP contribution in [0.2, 0.25) is 0 Å². The van der Waals surface area contributed by atoms with Crippen LogP contribution < -0.4 is 0 Å². The molecule has 0 aromatic carbocycles. The number of carbonyl (C=O) groups excluding carboxylic acids is 1. The minimum Gasteiger partial charge on any atom is -0.296 e. The molecule has 0 saturated heterocycles. The second-order valence-corrected chi connectivity index (χ2v) is 3.60. The molecular weight excluding hydrogens is 166 g/mol. The number of nitrogens with zero attached hydrogens (tertiary/aromatic N) is 3. The summed E-state index contributed by atoms with van der Waals surface area (Å²) in [6.45, 7) is 4.31. The minimum atomic E-state index is 0.475.